The molecule has 162 valence electrons. The first-order valence-electron chi connectivity index (χ1n) is 9.00. The minimum atomic E-state index is -1.04. The molecule has 29 heavy (non-hydrogen) atoms. The zero-order chi connectivity index (χ0) is 22.4. The first kappa shape index (κ1) is 24.6. The van der Waals surface area contributed by atoms with E-state index in [0.29, 0.717) is 10.9 Å². The summed E-state index contributed by atoms with van der Waals surface area (Å²) in [6.45, 7) is 10.2. The third-order valence-corrected chi connectivity index (χ3v) is 3.91. The maximum atomic E-state index is 12.2. The third-order valence-electron chi connectivity index (χ3n) is 3.47. The summed E-state index contributed by atoms with van der Waals surface area (Å²) in [5, 5.41) is 16.5. The van der Waals surface area contributed by atoms with Gasteiger partial charge in [0.05, 0.1) is 11.5 Å². The molecule has 0 aromatic carbocycles. The predicted octanol–water partition coefficient (Wildman–Crippen LogP) is 3.79. The number of hydrogen-bond donors (Lipinski definition) is 2. The lowest BCUT2D eigenvalue weighted by Gasteiger charge is -2.28. The minimum absolute atomic E-state index is 0.0514. The molecule has 0 fully saturated rings. The highest BCUT2D eigenvalue weighted by Crippen LogP contribution is 2.26. The zero-order valence-electron chi connectivity index (χ0n) is 17.4. The summed E-state index contributed by atoms with van der Waals surface area (Å²) in [5.41, 5.74) is -1.93. The van der Waals surface area contributed by atoms with Crippen LogP contribution in [0.4, 0.5) is 16.3 Å². The fourth-order valence-corrected chi connectivity index (χ4v) is 2.48. The third kappa shape index (κ3) is 8.63. The molecule has 0 saturated heterocycles. The standard InChI is InChI=1S/C18H27BrN4O6/c1-7-12(15(24)28-17(2,3)4)22-16(25)29-18(5,6)10-21-14-13(23(26)27)8-11(19)9-20-14/h8-9,12H,7,10H2,1-6H3,(H,20,21)(H,22,25). The van der Waals surface area contributed by atoms with E-state index >= 15 is 0 Å². The lowest BCUT2D eigenvalue weighted by Crippen LogP contribution is -2.47. The van der Waals surface area contributed by atoms with E-state index in [1.165, 1.54) is 12.3 Å². The molecule has 1 unspecified atom stereocenters. The fourth-order valence-electron chi connectivity index (χ4n) is 2.16. The van der Waals surface area contributed by atoms with Crippen molar-refractivity contribution in [3.05, 3.63) is 26.9 Å². The van der Waals surface area contributed by atoms with Crippen LogP contribution in [0.15, 0.2) is 16.7 Å². The summed E-state index contributed by atoms with van der Waals surface area (Å²) in [6, 6.07) is 0.475. The maximum absolute atomic E-state index is 12.2. The van der Waals surface area contributed by atoms with Crippen LogP contribution in [-0.4, -0.2) is 45.8 Å². The van der Waals surface area contributed by atoms with Crippen LogP contribution in [0.1, 0.15) is 48.0 Å². The molecule has 10 nitrogen and oxygen atoms in total. The van der Waals surface area contributed by atoms with Gasteiger partial charge in [-0.1, -0.05) is 6.92 Å². The zero-order valence-corrected chi connectivity index (χ0v) is 19.0. The highest BCUT2D eigenvalue weighted by Gasteiger charge is 2.29. The van der Waals surface area contributed by atoms with E-state index in [2.05, 4.69) is 31.5 Å². The van der Waals surface area contributed by atoms with Crippen molar-refractivity contribution in [2.45, 2.75) is 65.2 Å². The van der Waals surface area contributed by atoms with Crippen LogP contribution >= 0.6 is 15.9 Å². The number of rotatable bonds is 8. The highest BCUT2D eigenvalue weighted by molar-refractivity contribution is 9.10. The molecule has 0 aliphatic carbocycles. The van der Waals surface area contributed by atoms with Gasteiger partial charge >= 0.3 is 17.7 Å². The van der Waals surface area contributed by atoms with Crippen molar-refractivity contribution in [3.8, 4) is 0 Å². The normalized spacial score (nSPS) is 12.7. The molecule has 1 heterocycles. The van der Waals surface area contributed by atoms with E-state index in [1.807, 2.05) is 0 Å². The van der Waals surface area contributed by atoms with Crippen LogP contribution in [-0.2, 0) is 14.3 Å². The number of amides is 1. The number of ether oxygens (including phenoxy) is 2. The number of pyridine rings is 1. The Hall–Kier alpha value is -2.43. The highest BCUT2D eigenvalue weighted by atomic mass is 79.9. The Bertz CT molecular complexity index is 763. The van der Waals surface area contributed by atoms with E-state index in [9.17, 15) is 19.7 Å². The Labute approximate surface area is 178 Å². The molecule has 1 atom stereocenters. The van der Waals surface area contributed by atoms with Gasteiger partial charge in [-0.05, 0) is 57.0 Å². The van der Waals surface area contributed by atoms with Gasteiger partial charge in [0.15, 0.2) is 0 Å². The lowest BCUT2D eigenvalue weighted by atomic mass is 10.1. The average Bonchev–Trinajstić information content (AvgIpc) is 2.56. The summed E-state index contributed by atoms with van der Waals surface area (Å²) in [7, 11) is 0. The van der Waals surface area contributed by atoms with Gasteiger partial charge in [-0.15, -0.1) is 0 Å². The molecule has 1 aromatic rings. The van der Waals surface area contributed by atoms with E-state index in [1.54, 1.807) is 41.5 Å². The molecule has 0 spiro atoms. The molecule has 0 aliphatic rings. The molecular formula is C18H27BrN4O6. The smallest absolute Gasteiger partial charge is 0.408 e. The molecule has 2 N–H and O–H groups in total. The monoisotopic (exact) mass is 474 g/mol. The van der Waals surface area contributed by atoms with Crippen molar-refractivity contribution in [1.82, 2.24) is 10.3 Å². The second kappa shape index (κ2) is 9.86. The average molecular weight is 475 g/mol. The van der Waals surface area contributed by atoms with E-state index in [-0.39, 0.29) is 18.1 Å². The molecule has 1 aromatic heterocycles. The second-order valence-corrected chi connectivity index (χ2v) is 8.84. The van der Waals surface area contributed by atoms with Crippen molar-refractivity contribution in [2.75, 3.05) is 11.9 Å². The number of carbonyl (C=O) groups excluding carboxylic acids is 2. The van der Waals surface area contributed by atoms with E-state index in [4.69, 9.17) is 9.47 Å². The van der Waals surface area contributed by atoms with Crippen LogP contribution in [0.2, 0.25) is 0 Å². The van der Waals surface area contributed by atoms with Crippen LogP contribution in [0.3, 0.4) is 0 Å². The predicted molar refractivity (Wildman–Crippen MR) is 111 cm³/mol. The summed E-state index contributed by atoms with van der Waals surface area (Å²) >= 11 is 3.14. The van der Waals surface area contributed by atoms with Gasteiger partial charge in [0, 0.05) is 16.7 Å². The molecule has 0 bridgehead atoms. The van der Waals surface area contributed by atoms with Gasteiger partial charge in [0.25, 0.3) is 0 Å². The Kier molecular flexibility index (Phi) is 8.37. The number of alkyl carbamates (subject to hydrolysis) is 1. The van der Waals surface area contributed by atoms with Gasteiger partial charge in [-0.2, -0.15) is 0 Å². The summed E-state index contributed by atoms with van der Waals surface area (Å²) < 4.78 is 11.1. The maximum Gasteiger partial charge on any atom is 0.408 e. The number of nitrogens with zero attached hydrogens (tertiary/aromatic N) is 2. The first-order chi connectivity index (χ1) is 13.2. The van der Waals surface area contributed by atoms with Crippen molar-refractivity contribution >= 4 is 39.5 Å². The first-order valence-corrected chi connectivity index (χ1v) is 9.79. The van der Waals surface area contributed by atoms with Gasteiger partial charge in [0.1, 0.15) is 17.2 Å². The Morgan fingerprint density at radius 2 is 1.90 bits per heavy atom. The molecule has 0 saturated carbocycles. The van der Waals surface area contributed by atoms with Gasteiger partial charge in [-0.25, -0.2) is 14.6 Å². The van der Waals surface area contributed by atoms with Crippen LogP contribution in [0.5, 0.6) is 0 Å². The van der Waals surface area contributed by atoms with Crippen LogP contribution in [0.25, 0.3) is 0 Å². The molecule has 1 amide bonds. The number of nitrogens with one attached hydrogen (secondary N) is 2. The fraction of sp³-hybridized carbons (Fsp3) is 0.611. The SMILES string of the molecule is CCC(NC(=O)OC(C)(C)CNc1ncc(Br)cc1[N+](=O)[O-])C(=O)OC(C)(C)C. The summed E-state index contributed by atoms with van der Waals surface area (Å²) in [6.07, 6.45) is 0.952. The Balaban J connectivity index is 2.71. The van der Waals surface area contributed by atoms with Crippen LogP contribution < -0.4 is 10.6 Å². The van der Waals surface area contributed by atoms with Crippen molar-refractivity contribution in [1.29, 1.82) is 0 Å². The number of halogens is 1. The van der Waals surface area contributed by atoms with Crippen molar-refractivity contribution in [2.24, 2.45) is 0 Å². The molecule has 0 radical (unpaired) electrons. The topological polar surface area (TPSA) is 133 Å². The number of aromatic nitrogens is 1. The van der Waals surface area contributed by atoms with Crippen LogP contribution in [0, 0.1) is 10.1 Å². The van der Waals surface area contributed by atoms with E-state index in [0.717, 1.165) is 0 Å². The van der Waals surface area contributed by atoms with E-state index < -0.39 is 34.2 Å². The number of carbonyl (C=O) groups is 2. The number of hydrogen-bond acceptors (Lipinski definition) is 8. The number of nitro groups is 1. The quantitative estimate of drug-likeness (QED) is 0.330. The minimum Gasteiger partial charge on any atom is -0.458 e. The van der Waals surface area contributed by atoms with Gasteiger partial charge in [-0.3, -0.25) is 10.1 Å². The molecular weight excluding hydrogens is 448 g/mol. The molecule has 11 heteroatoms. The van der Waals surface area contributed by atoms with Crippen molar-refractivity contribution < 1.29 is 24.0 Å². The second-order valence-electron chi connectivity index (χ2n) is 7.92. The Morgan fingerprint density at radius 3 is 2.41 bits per heavy atom. The summed E-state index contributed by atoms with van der Waals surface area (Å²) in [4.78, 5) is 39.0. The van der Waals surface area contributed by atoms with Crippen molar-refractivity contribution in [3.63, 3.8) is 0 Å². The Morgan fingerprint density at radius 1 is 1.28 bits per heavy atom. The molecule has 1 rings (SSSR count). The summed E-state index contributed by atoms with van der Waals surface area (Å²) in [5.74, 6) is -0.502. The largest absolute Gasteiger partial charge is 0.458 e. The number of anilines is 1. The van der Waals surface area contributed by atoms with Gasteiger partial charge in [0.2, 0.25) is 5.82 Å². The molecule has 0 aliphatic heterocycles. The lowest BCUT2D eigenvalue weighted by molar-refractivity contribution is -0.384. The number of esters is 1. The van der Waals surface area contributed by atoms with Gasteiger partial charge < -0.3 is 20.1 Å².